The van der Waals surface area contributed by atoms with E-state index in [9.17, 15) is 0 Å². The fourth-order valence-electron chi connectivity index (χ4n) is 12.2. The minimum Gasteiger partial charge on any atom is -0.497 e. The van der Waals surface area contributed by atoms with Crippen LogP contribution in [-0.2, 0) is 78.2 Å². The van der Waals surface area contributed by atoms with Crippen molar-refractivity contribution in [2.45, 2.75) is 78.2 Å². The van der Waals surface area contributed by atoms with Crippen LogP contribution in [-0.4, -0.2) is 36.0 Å². The van der Waals surface area contributed by atoms with E-state index in [1.165, 1.54) is 16.7 Å². The van der Waals surface area contributed by atoms with Crippen LogP contribution in [0.15, 0.2) is 72.8 Å². The maximum atomic E-state index is 5.49. The van der Waals surface area contributed by atoms with Gasteiger partial charge in [-0.3, -0.25) is 14.7 Å². The molecule has 0 saturated heterocycles. The summed E-state index contributed by atoms with van der Waals surface area (Å²) in [5, 5.41) is 9.78. The number of ether oxygens (including phenoxy) is 3. The normalized spacial score (nSPS) is 17.1. The van der Waals surface area contributed by atoms with Crippen molar-refractivity contribution >= 4 is 32.3 Å². The molecule has 282 valence electrons. The molecule has 6 nitrogen and oxygen atoms in total. The zero-order valence-corrected chi connectivity index (χ0v) is 33.0. The highest BCUT2D eigenvalue weighted by Gasteiger charge is 2.43. The zero-order chi connectivity index (χ0) is 37.7. The first-order valence-corrected chi connectivity index (χ1v) is 20.7. The van der Waals surface area contributed by atoms with Gasteiger partial charge in [-0.25, -0.2) is 0 Å². The Hall–Kier alpha value is -5.40. The highest BCUT2D eigenvalue weighted by atomic mass is 16.5. The van der Waals surface area contributed by atoms with Crippen molar-refractivity contribution in [3.63, 3.8) is 0 Å². The second-order valence-corrected chi connectivity index (χ2v) is 17.5. The lowest BCUT2D eigenvalue weighted by atomic mass is 9.88. The first kappa shape index (κ1) is 32.7. The molecule has 3 aliphatic carbocycles. The molecule has 13 rings (SSSR count). The number of nitrogens with zero attached hydrogens (tertiary/aromatic N) is 3. The third-order valence-corrected chi connectivity index (χ3v) is 14.6. The number of fused-ring (bicyclic) bond motifs is 9. The van der Waals surface area contributed by atoms with E-state index < -0.39 is 0 Å². The minimum absolute atomic E-state index is 0.921. The summed E-state index contributed by atoms with van der Waals surface area (Å²) < 4.78 is 16.5. The molecule has 0 fully saturated rings. The van der Waals surface area contributed by atoms with Crippen LogP contribution in [0.2, 0.25) is 0 Å². The van der Waals surface area contributed by atoms with Crippen LogP contribution in [0.5, 0.6) is 17.2 Å². The second-order valence-electron chi connectivity index (χ2n) is 17.5. The standard InChI is InChI=1S/C51H45N3O3/c1-55-31-10-4-28(5-11-31)19-52-22-40-34-16-36-42-24-53(20-29-6-12-32(56-2)13-7-29)26-44(42)38-18-39-45-27-54(21-30-8-14-33(57-3)15-9-30)25-43(45)37-17-35(41(40)23-52)47-46(34)48(36)50(38)51(39)49(37)47/h4-15H,16-27H2,1-3H3. The summed E-state index contributed by atoms with van der Waals surface area (Å²) in [7, 11) is 5.25. The third-order valence-electron chi connectivity index (χ3n) is 14.6. The lowest BCUT2D eigenvalue weighted by molar-refractivity contribution is 0.274. The van der Waals surface area contributed by atoms with Gasteiger partial charge in [0, 0.05) is 58.9 Å². The topological polar surface area (TPSA) is 37.4 Å². The highest BCUT2D eigenvalue weighted by molar-refractivity contribution is 6.34. The monoisotopic (exact) mass is 747 g/mol. The molecular weight excluding hydrogens is 703 g/mol. The summed E-state index contributed by atoms with van der Waals surface area (Å²) in [5.41, 5.74) is 23.8. The fourth-order valence-corrected chi connectivity index (χ4v) is 12.2. The van der Waals surface area contributed by atoms with Crippen molar-refractivity contribution in [2.75, 3.05) is 21.3 Å². The first-order chi connectivity index (χ1) is 28.0. The van der Waals surface area contributed by atoms with Crippen molar-refractivity contribution in [3.8, 4) is 17.2 Å². The van der Waals surface area contributed by atoms with E-state index in [0.29, 0.717) is 0 Å². The summed E-state index contributed by atoms with van der Waals surface area (Å²) in [5.74, 6) is 2.76. The van der Waals surface area contributed by atoms with E-state index in [1.807, 2.05) is 0 Å². The number of hydrogen-bond acceptors (Lipinski definition) is 6. The van der Waals surface area contributed by atoms with Crippen LogP contribution in [0.3, 0.4) is 0 Å². The van der Waals surface area contributed by atoms with Gasteiger partial charge in [-0.1, -0.05) is 36.4 Å². The Morgan fingerprint density at radius 2 is 0.526 bits per heavy atom. The van der Waals surface area contributed by atoms with Gasteiger partial charge in [0.25, 0.3) is 0 Å². The molecule has 0 unspecified atom stereocenters. The van der Waals surface area contributed by atoms with Gasteiger partial charge in [0.1, 0.15) is 17.2 Å². The van der Waals surface area contributed by atoms with Crippen LogP contribution in [0.4, 0.5) is 0 Å². The molecule has 6 aliphatic rings. The molecule has 3 aliphatic heterocycles. The number of hydrogen-bond donors (Lipinski definition) is 0. The molecule has 57 heavy (non-hydrogen) atoms. The predicted molar refractivity (Wildman–Crippen MR) is 225 cm³/mol. The van der Waals surface area contributed by atoms with Gasteiger partial charge < -0.3 is 14.2 Å². The Kier molecular flexibility index (Phi) is 6.78. The summed E-state index contributed by atoms with van der Waals surface area (Å²) in [6, 6.07) is 26.1. The van der Waals surface area contributed by atoms with Crippen LogP contribution in [0.25, 0.3) is 32.3 Å². The van der Waals surface area contributed by atoms with E-state index in [4.69, 9.17) is 14.2 Å². The average molecular weight is 748 g/mol. The van der Waals surface area contributed by atoms with E-state index in [2.05, 4.69) is 87.5 Å². The van der Waals surface area contributed by atoms with Crippen molar-refractivity contribution in [3.05, 3.63) is 156 Å². The zero-order valence-electron chi connectivity index (χ0n) is 33.0. The Morgan fingerprint density at radius 3 is 0.719 bits per heavy atom. The molecule has 6 heteroatoms. The molecule has 0 spiro atoms. The van der Waals surface area contributed by atoms with E-state index in [1.54, 1.807) is 120 Å². The van der Waals surface area contributed by atoms with Crippen molar-refractivity contribution < 1.29 is 14.2 Å². The number of rotatable bonds is 9. The molecule has 0 atom stereocenters. The maximum absolute atomic E-state index is 5.49. The lowest BCUT2D eigenvalue weighted by Gasteiger charge is -2.16. The highest BCUT2D eigenvalue weighted by Crippen LogP contribution is 2.60. The Balaban J connectivity index is 0.959. The molecule has 0 amide bonds. The molecule has 0 saturated carbocycles. The largest absolute Gasteiger partial charge is 0.497 e. The molecular formula is C51H45N3O3. The molecule has 0 aromatic heterocycles. The molecule has 7 aromatic carbocycles. The van der Waals surface area contributed by atoms with E-state index in [-0.39, 0.29) is 0 Å². The summed E-state index contributed by atoms with van der Waals surface area (Å²) >= 11 is 0. The van der Waals surface area contributed by atoms with Gasteiger partial charge in [-0.15, -0.1) is 0 Å². The molecule has 3 heterocycles. The molecule has 0 bridgehead atoms. The summed E-state index contributed by atoms with van der Waals surface area (Å²) in [6.45, 7) is 9.04. The summed E-state index contributed by atoms with van der Waals surface area (Å²) in [6.07, 6.45) is 3.24. The van der Waals surface area contributed by atoms with Crippen LogP contribution in [0.1, 0.15) is 83.5 Å². The average Bonchev–Trinajstić information content (AvgIpc) is 4.09. The van der Waals surface area contributed by atoms with Gasteiger partial charge in [0.15, 0.2) is 0 Å². The number of benzene rings is 7. The van der Waals surface area contributed by atoms with Crippen LogP contribution in [0, 0.1) is 0 Å². The molecule has 0 N–H and O–H groups in total. The minimum atomic E-state index is 0.921. The van der Waals surface area contributed by atoms with Crippen LogP contribution < -0.4 is 14.2 Å². The van der Waals surface area contributed by atoms with E-state index >= 15 is 0 Å². The Labute approximate surface area is 333 Å². The van der Waals surface area contributed by atoms with Crippen molar-refractivity contribution in [1.82, 2.24) is 14.7 Å². The van der Waals surface area contributed by atoms with Gasteiger partial charge in [0.2, 0.25) is 0 Å². The molecule has 7 aromatic rings. The van der Waals surface area contributed by atoms with E-state index in [0.717, 1.165) is 95.4 Å². The van der Waals surface area contributed by atoms with Crippen molar-refractivity contribution in [2.24, 2.45) is 0 Å². The Bertz CT molecular complexity index is 2450. The first-order valence-electron chi connectivity index (χ1n) is 20.7. The van der Waals surface area contributed by atoms with Gasteiger partial charge >= 0.3 is 0 Å². The number of methoxy groups -OCH3 is 3. The van der Waals surface area contributed by atoms with Crippen molar-refractivity contribution in [1.29, 1.82) is 0 Å². The third kappa shape index (κ3) is 4.52. The van der Waals surface area contributed by atoms with Gasteiger partial charge in [-0.05, 0) is 171 Å². The maximum Gasteiger partial charge on any atom is 0.118 e. The Morgan fingerprint density at radius 1 is 0.316 bits per heavy atom. The fraction of sp³-hybridized carbons (Fsp3) is 0.294. The van der Waals surface area contributed by atoms with Crippen LogP contribution >= 0.6 is 0 Å². The predicted octanol–water partition coefficient (Wildman–Crippen LogP) is 9.43. The summed E-state index contributed by atoms with van der Waals surface area (Å²) in [4.78, 5) is 8.09. The van der Waals surface area contributed by atoms with Gasteiger partial charge in [0.05, 0.1) is 21.3 Å². The lowest BCUT2D eigenvalue weighted by Crippen LogP contribution is -2.16. The quantitative estimate of drug-likeness (QED) is 0.137. The SMILES string of the molecule is COc1ccc(CN2Cc3c(c4c5c6c3Cc3c7c(c8c(c36)c3c(c6c(c(c53)C4)CN(Cc3ccc(OC)cc3)C6)C8)CN(Cc3ccc(OC)cc3)C7)C2)cc1. The molecule has 0 radical (unpaired) electrons. The smallest absolute Gasteiger partial charge is 0.118 e. The van der Waals surface area contributed by atoms with Gasteiger partial charge in [-0.2, -0.15) is 0 Å². The second kappa shape index (κ2) is 11.8.